The van der Waals surface area contributed by atoms with Crippen LogP contribution in [0.2, 0.25) is 0 Å². The van der Waals surface area contributed by atoms with Gasteiger partial charge in [-0.25, -0.2) is 0 Å². The molecule has 0 atom stereocenters. The molecule has 0 saturated carbocycles. The highest BCUT2D eigenvalue weighted by atomic mass is 14.5. The van der Waals surface area contributed by atoms with E-state index >= 15 is 0 Å². The zero-order valence-electron chi connectivity index (χ0n) is 7.31. The number of allylic oxidation sites excluding steroid dienone is 6. The molecule has 0 heterocycles. The predicted octanol–water partition coefficient (Wildman–Crippen LogP) is 2.49. The first-order valence-electron chi connectivity index (χ1n) is 3.86. The number of hydrogen-bond donors (Lipinski definition) is 2. The highest BCUT2D eigenvalue weighted by Crippen LogP contribution is 2.14. The largest absolute Gasteiger partial charge is 0.299 e. The van der Waals surface area contributed by atoms with Gasteiger partial charge in [0, 0.05) is 5.57 Å². The fourth-order valence-electron chi connectivity index (χ4n) is 1.11. The van der Waals surface area contributed by atoms with Crippen molar-refractivity contribution in [2.45, 2.75) is 13.8 Å². The first-order valence-corrected chi connectivity index (χ1v) is 3.86. The second kappa shape index (κ2) is 3.30. The molecule has 2 N–H and O–H groups in total. The van der Waals surface area contributed by atoms with Crippen molar-refractivity contribution in [2.75, 3.05) is 0 Å². The van der Waals surface area contributed by atoms with Gasteiger partial charge in [0.15, 0.2) is 0 Å². The molecule has 0 aromatic heterocycles. The van der Waals surface area contributed by atoms with Crippen LogP contribution in [-0.2, 0) is 0 Å². The number of nitrogens with one attached hydrogen (secondary N) is 2. The van der Waals surface area contributed by atoms with E-state index in [1.54, 1.807) is 6.08 Å². The van der Waals surface area contributed by atoms with E-state index in [0.29, 0.717) is 5.71 Å². The van der Waals surface area contributed by atoms with Crippen molar-refractivity contribution in [3.63, 3.8) is 0 Å². The molecule has 1 aliphatic rings. The number of rotatable bonds is 1. The smallest absolute Gasteiger partial charge is 0.0864 e. The standard InChI is InChI=1S/C10H12N2/c1-3-4-8-7(2)5-6-9(11)10(8)12/h3-6,11-12H,1-2H3/b4-3-,11-9?,12-10?. The summed E-state index contributed by atoms with van der Waals surface area (Å²) in [5.74, 6) is 0. The molecule has 0 aromatic rings. The first kappa shape index (κ1) is 8.65. The van der Waals surface area contributed by atoms with Gasteiger partial charge < -0.3 is 0 Å². The van der Waals surface area contributed by atoms with Crippen molar-refractivity contribution in [1.29, 1.82) is 10.8 Å². The highest BCUT2D eigenvalue weighted by Gasteiger charge is 2.11. The zero-order valence-corrected chi connectivity index (χ0v) is 7.31. The molecule has 0 bridgehead atoms. The van der Waals surface area contributed by atoms with Gasteiger partial charge in [-0.2, -0.15) is 0 Å². The molecule has 1 rings (SSSR count). The third-order valence-electron chi connectivity index (χ3n) is 1.80. The quantitative estimate of drug-likeness (QED) is 0.554. The molecular weight excluding hydrogens is 148 g/mol. The minimum atomic E-state index is 0.286. The summed E-state index contributed by atoms with van der Waals surface area (Å²) in [7, 11) is 0. The number of hydrogen-bond acceptors (Lipinski definition) is 2. The van der Waals surface area contributed by atoms with E-state index in [4.69, 9.17) is 10.8 Å². The topological polar surface area (TPSA) is 47.7 Å². The summed E-state index contributed by atoms with van der Waals surface area (Å²) in [5.41, 5.74) is 2.50. The first-order chi connectivity index (χ1) is 5.66. The van der Waals surface area contributed by atoms with Crippen LogP contribution in [0.4, 0.5) is 0 Å². The predicted molar refractivity (Wildman–Crippen MR) is 52.1 cm³/mol. The third kappa shape index (κ3) is 1.42. The van der Waals surface area contributed by atoms with Gasteiger partial charge >= 0.3 is 0 Å². The van der Waals surface area contributed by atoms with Crippen molar-refractivity contribution < 1.29 is 0 Å². The van der Waals surface area contributed by atoms with Crippen molar-refractivity contribution in [1.82, 2.24) is 0 Å². The van der Waals surface area contributed by atoms with Crippen molar-refractivity contribution >= 4 is 11.4 Å². The molecular formula is C10H12N2. The average Bonchev–Trinajstić information content (AvgIpc) is 2.06. The van der Waals surface area contributed by atoms with Gasteiger partial charge in [0.05, 0.1) is 11.4 Å². The molecule has 2 heteroatoms. The zero-order chi connectivity index (χ0) is 9.14. The lowest BCUT2D eigenvalue weighted by Gasteiger charge is -2.11. The fourth-order valence-corrected chi connectivity index (χ4v) is 1.11. The Kier molecular flexibility index (Phi) is 2.38. The minimum Gasteiger partial charge on any atom is -0.299 e. The lowest BCUT2D eigenvalue weighted by molar-refractivity contribution is 1.40. The van der Waals surface area contributed by atoms with Crippen LogP contribution >= 0.6 is 0 Å². The van der Waals surface area contributed by atoms with Gasteiger partial charge in [0.2, 0.25) is 0 Å². The molecule has 0 aromatic carbocycles. The molecule has 2 nitrogen and oxygen atoms in total. The van der Waals surface area contributed by atoms with Crippen molar-refractivity contribution in [3.05, 3.63) is 35.5 Å². The van der Waals surface area contributed by atoms with E-state index in [1.165, 1.54) is 0 Å². The van der Waals surface area contributed by atoms with E-state index in [-0.39, 0.29) is 5.71 Å². The summed E-state index contributed by atoms with van der Waals surface area (Å²) in [5, 5.41) is 15.0. The second-order valence-electron chi connectivity index (χ2n) is 2.72. The van der Waals surface area contributed by atoms with E-state index in [0.717, 1.165) is 11.1 Å². The summed E-state index contributed by atoms with van der Waals surface area (Å²) in [6, 6.07) is 0. The van der Waals surface area contributed by atoms with E-state index in [9.17, 15) is 0 Å². The lowest BCUT2D eigenvalue weighted by Crippen LogP contribution is -2.15. The molecule has 0 spiro atoms. The molecule has 62 valence electrons. The SMILES string of the molecule is C/C=C\C1=C(C)C=CC(=N)C1=N. The average molecular weight is 160 g/mol. The Morgan fingerprint density at radius 2 is 1.92 bits per heavy atom. The van der Waals surface area contributed by atoms with Crippen molar-refractivity contribution in [2.24, 2.45) is 0 Å². The molecule has 0 unspecified atom stereocenters. The van der Waals surface area contributed by atoms with Crippen LogP contribution in [0.1, 0.15) is 13.8 Å². The maximum absolute atomic E-state index is 7.60. The van der Waals surface area contributed by atoms with Gasteiger partial charge in [0.25, 0.3) is 0 Å². The Balaban J connectivity index is 3.14. The summed E-state index contributed by atoms with van der Waals surface area (Å²) < 4.78 is 0. The molecule has 12 heavy (non-hydrogen) atoms. The Morgan fingerprint density at radius 3 is 2.50 bits per heavy atom. The Morgan fingerprint density at radius 1 is 1.25 bits per heavy atom. The molecule has 0 fully saturated rings. The van der Waals surface area contributed by atoms with Gasteiger partial charge in [-0.1, -0.05) is 18.2 Å². The Hall–Kier alpha value is -1.44. The molecule has 0 radical (unpaired) electrons. The molecule has 0 aliphatic heterocycles. The molecule has 1 aliphatic carbocycles. The Labute approximate surface area is 72.3 Å². The molecule has 0 amide bonds. The third-order valence-corrected chi connectivity index (χ3v) is 1.80. The second-order valence-corrected chi connectivity index (χ2v) is 2.72. The maximum atomic E-state index is 7.60. The van der Waals surface area contributed by atoms with E-state index in [1.807, 2.05) is 32.1 Å². The summed E-state index contributed by atoms with van der Waals surface area (Å²) in [6.45, 7) is 3.86. The maximum Gasteiger partial charge on any atom is 0.0864 e. The van der Waals surface area contributed by atoms with E-state index < -0.39 is 0 Å². The van der Waals surface area contributed by atoms with Gasteiger partial charge in [-0.15, -0.1) is 0 Å². The lowest BCUT2D eigenvalue weighted by atomic mass is 9.95. The van der Waals surface area contributed by atoms with Crippen LogP contribution < -0.4 is 0 Å². The van der Waals surface area contributed by atoms with Crippen LogP contribution in [-0.4, -0.2) is 11.4 Å². The fraction of sp³-hybridized carbons (Fsp3) is 0.200. The van der Waals surface area contributed by atoms with Crippen LogP contribution in [0.3, 0.4) is 0 Å². The summed E-state index contributed by atoms with van der Waals surface area (Å²) in [6.07, 6.45) is 7.29. The van der Waals surface area contributed by atoms with Crippen LogP contribution in [0.15, 0.2) is 35.5 Å². The van der Waals surface area contributed by atoms with Crippen LogP contribution in [0.25, 0.3) is 0 Å². The van der Waals surface area contributed by atoms with E-state index in [2.05, 4.69) is 0 Å². The summed E-state index contributed by atoms with van der Waals surface area (Å²) in [4.78, 5) is 0. The minimum absolute atomic E-state index is 0.286. The summed E-state index contributed by atoms with van der Waals surface area (Å²) >= 11 is 0. The van der Waals surface area contributed by atoms with Gasteiger partial charge in [0.1, 0.15) is 0 Å². The highest BCUT2D eigenvalue weighted by molar-refractivity contribution is 6.51. The van der Waals surface area contributed by atoms with Gasteiger partial charge in [-0.05, 0) is 25.5 Å². The monoisotopic (exact) mass is 160 g/mol. The van der Waals surface area contributed by atoms with Gasteiger partial charge in [-0.3, -0.25) is 10.8 Å². The van der Waals surface area contributed by atoms with Crippen LogP contribution in [0.5, 0.6) is 0 Å². The van der Waals surface area contributed by atoms with Crippen LogP contribution in [0, 0.1) is 10.8 Å². The van der Waals surface area contributed by atoms with Crippen molar-refractivity contribution in [3.8, 4) is 0 Å². The Bertz CT molecular complexity index is 317. The normalized spacial score (nSPS) is 18.2. The molecule has 0 saturated heterocycles.